The molecule has 0 aliphatic heterocycles. The van der Waals surface area contributed by atoms with Crippen molar-refractivity contribution in [3.8, 4) is 0 Å². The van der Waals surface area contributed by atoms with Gasteiger partial charge in [0.25, 0.3) is 0 Å². The Labute approximate surface area is 96.5 Å². The summed E-state index contributed by atoms with van der Waals surface area (Å²) in [6, 6.07) is 0. The van der Waals surface area contributed by atoms with Crippen molar-refractivity contribution in [3.05, 3.63) is 12.7 Å². The Morgan fingerprint density at radius 3 is 1.44 bits per heavy atom. The Morgan fingerprint density at radius 2 is 1.44 bits per heavy atom. The first-order valence-electron chi connectivity index (χ1n) is 4.00. The van der Waals surface area contributed by atoms with Gasteiger partial charge in [-0.2, -0.15) is 8.42 Å². The van der Waals surface area contributed by atoms with Crippen molar-refractivity contribution in [2.75, 3.05) is 35.3 Å². The number of carbonyl (C=O) groups excluding carboxylic acids is 1. The van der Waals surface area contributed by atoms with Crippen LogP contribution >= 0.6 is 0 Å². The standard InChI is InChI=1S/C4H12N.C4H6O2.H2O4S/c1-5(2,3)4;1-3-4(5)6-2;1-5(2,3)4/h1-4H3;3H,1H2,2H3;(H2,1,2,3,4)/q+1;;. The van der Waals surface area contributed by atoms with Crippen LogP contribution in [0.1, 0.15) is 0 Å². The van der Waals surface area contributed by atoms with Crippen LogP contribution in [0, 0.1) is 0 Å². The molecule has 0 aromatic rings. The first-order chi connectivity index (χ1) is 6.81. The molecule has 0 atom stereocenters. The number of quaternary nitrogens is 1. The van der Waals surface area contributed by atoms with Crippen LogP contribution in [0.4, 0.5) is 0 Å². The number of esters is 1. The third kappa shape index (κ3) is 205. The molecule has 7 nitrogen and oxygen atoms in total. The molecule has 0 spiro atoms. The molecule has 8 heteroatoms. The van der Waals surface area contributed by atoms with Gasteiger partial charge in [0.15, 0.2) is 0 Å². The van der Waals surface area contributed by atoms with Crippen LogP contribution in [-0.4, -0.2) is 63.3 Å². The van der Waals surface area contributed by atoms with Crippen molar-refractivity contribution in [1.29, 1.82) is 0 Å². The Kier molecular flexibility index (Phi) is 11.9. The third-order valence-corrected chi connectivity index (χ3v) is 0.368. The Bertz CT molecular complexity index is 276. The highest BCUT2D eigenvalue weighted by atomic mass is 32.3. The number of methoxy groups -OCH3 is 1. The zero-order valence-electron chi connectivity index (χ0n) is 10.2. The summed E-state index contributed by atoms with van der Waals surface area (Å²) in [4.78, 5) is 9.84. The molecule has 0 aliphatic carbocycles. The highest BCUT2D eigenvalue weighted by molar-refractivity contribution is 7.79. The van der Waals surface area contributed by atoms with Crippen molar-refractivity contribution in [1.82, 2.24) is 0 Å². The molecular formula is C8H20NO6S+. The van der Waals surface area contributed by atoms with Crippen molar-refractivity contribution >= 4 is 16.4 Å². The second kappa shape index (κ2) is 9.28. The van der Waals surface area contributed by atoms with Gasteiger partial charge in [-0.15, -0.1) is 0 Å². The normalized spacial score (nSPS) is 9.94. The number of hydrogen-bond donors (Lipinski definition) is 2. The van der Waals surface area contributed by atoms with Crippen molar-refractivity contribution in [2.45, 2.75) is 0 Å². The van der Waals surface area contributed by atoms with Gasteiger partial charge in [0, 0.05) is 6.08 Å². The molecule has 0 amide bonds. The molecule has 0 rings (SSSR count). The first-order valence-corrected chi connectivity index (χ1v) is 5.40. The summed E-state index contributed by atoms with van der Waals surface area (Å²) >= 11 is 0. The molecule has 0 unspecified atom stereocenters. The predicted molar refractivity (Wildman–Crippen MR) is 60.3 cm³/mol. The smallest absolute Gasteiger partial charge is 0.394 e. The minimum absolute atomic E-state index is 0.394. The van der Waals surface area contributed by atoms with E-state index >= 15 is 0 Å². The maximum atomic E-state index is 9.84. The van der Waals surface area contributed by atoms with Crippen LogP contribution in [0.3, 0.4) is 0 Å². The van der Waals surface area contributed by atoms with Crippen LogP contribution in [0.15, 0.2) is 12.7 Å². The molecule has 0 saturated carbocycles. The SMILES string of the molecule is C=CC(=O)OC.C[N+](C)(C)C.O=S(=O)(O)O. The topological polar surface area (TPSA) is 101 Å². The minimum atomic E-state index is -4.67. The molecule has 0 aromatic heterocycles. The lowest BCUT2D eigenvalue weighted by Crippen LogP contribution is -2.27. The average molecular weight is 258 g/mol. The Morgan fingerprint density at radius 1 is 1.25 bits per heavy atom. The summed E-state index contributed by atoms with van der Waals surface area (Å²) in [5.41, 5.74) is 0. The number of ether oxygens (including phenoxy) is 1. The van der Waals surface area contributed by atoms with Gasteiger partial charge >= 0.3 is 16.4 Å². The lowest BCUT2D eigenvalue weighted by atomic mass is 10.7. The lowest BCUT2D eigenvalue weighted by molar-refractivity contribution is -0.849. The van der Waals surface area contributed by atoms with Gasteiger partial charge in [0.2, 0.25) is 0 Å². The Hall–Kier alpha value is -0.960. The van der Waals surface area contributed by atoms with E-state index < -0.39 is 16.4 Å². The summed E-state index contributed by atoms with van der Waals surface area (Å²) in [5, 5.41) is 0. The molecule has 0 aromatic carbocycles. The second-order valence-electron chi connectivity index (χ2n) is 3.86. The summed E-state index contributed by atoms with van der Waals surface area (Å²) in [6.07, 6.45) is 1.11. The monoisotopic (exact) mass is 258 g/mol. The fourth-order valence-electron chi connectivity index (χ4n) is 0.0833. The molecule has 98 valence electrons. The van der Waals surface area contributed by atoms with E-state index in [1.807, 2.05) is 0 Å². The quantitative estimate of drug-likeness (QED) is 0.297. The summed E-state index contributed by atoms with van der Waals surface area (Å²) < 4.78 is 36.7. The van der Waals surface area contributed by atoms with E-state index in [1.165, 1.54) is 7.11 Å². The zero-order valence-corrected chi connectivity index (χ0v) is 11.0. The van der Waals surface area contributed by atoms with Gasteiger partial charge in [-0.25, -0.2) is 4.79 Å². The molecule has 0 fully saturated rings. The van der Waals surface area contributed by atoms with Gasteiger partial charge < -0.3 is 9.22 Å². The molecule has 0 heterocycles. The molecule has 0 aliphatic rings. The largest absolute Gasteiger partial charge is 0.466 e. The summed E-state index contributed by atoms with van der Waals surface area (Å²) in [5.74, 6) is -0.394. The second-order valence-corrected chi connectivity index (χ2v) is 4.75. The summed E-state index contributed by atoms with van der Waals surface area (Å²) in [7, 11) is 5.14. The fourth-order valence-corrected chi connectivity index (χ4v) is 0.0833. The molecule has 0 bridgehead atoms. The highest BCUT2D eigenvalue weighted by Crippen LogP contribution is 1.73. The number of rotatable bonds is 1. The molecule has 16 heavy (non-hydrogen) atoms. The Balaban J connectivity index is -0.000000160. The fraction of sp³-hybridized carbons (Fsp3) is 0.625. The van der Waals surface area contributed by atoms with Crippen LogP contribution in [-0.2, 0) is 19.9 Å². The van der Waals surface area contributed by atoms with E-state index in [-0.39, 0.29) is 0 Å². The average Bonchev–Trinajstić information content (AvgIpc) is 1.96. The van der Waals surface area contributed by atoms with E-state index in [0.717, 1.165) is 10.6 Å². The van der Waals surface area contributed by atoms with Gasteiger partial charge in [0.1, 0.15) is 0 Å². The number of nitrogens with zero attached hydrogens (tertiary/aromatic N) is 1. The maximum absolute atomic E-state index is 9.84. The van der Waals surface area contributed by atoms with E-state index in [0.29, 0.717) is 0 Å². The molecule has 0 saturated heterocycles. The van der Waals surface area contributed by atoms with E-state index in [4.69, 9.17) is 17.5 Å². The third-order valence-electron chi connectivity index (χ3n) is 0.368. The number of hydrogen-bond acceptors (Lipinski definition) is 4. The van der Waals surface area contributed by atoms with Gasteiger partial charge in [-0.1, -0.05) is 6.58 Å². The van der Waals surface area contributed by atoms with Crippen molar-refractivity contribution < 1.29 is 31.5 Å². The lowest BCUT2D eigenvalue weighted by Gasteiger charge is -2.14. The highest BCUT2D eigenvalue weighted by Gasteiger charge is 1.88. The van der Waals surface area contributed by atoms with Crippen LogP contribution < -0.4 is 0 Å². The van der Waals surface area contributed by atoms with E-state index in [9.17, 15) is 4.79 Å². The van der Waals surface area contributed by atoms with Crippen molar-refractivity contribution in [2.24, 2.45) is 0 Å². The predicted octanol–water partition coefficient (Wildman–Crippen LogP) is 0.0150. The van der Waals surface area contributed by atoms with Crippen LogP contribution in [0.5, 0.6) is 0 Å². The molecular weight excluding hydrogens is 238 g/mol. The van der Waals surface area contributed by atoms with Gasteiger partial charge in [-0.3, -0.25) is 9.11 Å². The molecule has 0 radical (unpaired) electrons. The maximum Gasteiger partial charge on any atom is 0.394 e. The minimum Gasteiger partial charge on any atom is -0.466 e. The van der Waals surface area contributed by atoms with Crippen LogP contribution in [0.2, 0.25) is 0 Å². The zero-order chi connectivity index (χ0) is 14.0. The van der Waals surface area contributed by atoms with E-state index in [2.05, 4.69) is 39.5 Å². The van der Waals surface area contributed by atoms with Crippen LogP contribution in [0.25, 0.3) is 0 Å². The molecule has 2 N–H and O–H groups in total. The first kappa shape index (κ1) is 20.5. The number of carbonyl (C=O) groups is 1. The van der Waals surface area contributed by atoms with E-state index in [1.54, 1.807) is 0 Å². The van der Waals surface area contributed by atoms with Gasteiger partial charge in [0.05, 0.1) is 35.3 Å². The van der Waals surface area contributed by atoms with Crippen molar-refractivity contribution in [3.63, 3.8) is 0 Å². The summed E-state index contributed by atoms with van der Waals surface area (Å²) in [6.45, 7) is 3.16. The van der Waals surface area contributed by atoms with Gasteiger partial charge in [-0.05, 0) is 0 Å².